The lowest BCUT2D eigenvalue weighted by atomic mass is 9.96. The Bertz CT molecular complexity index is 633. The Morgan fingerprint density at radius 2 is 1.72 bits per heavy atom. The van der Waals surface area contributed by atoms with Crippen molar-refractivity contribution in [2.75, 3.05) is 0 Å². The summed E-state index contributed by atoms with van der Waals surface area (Å²) < 4.78 is 5.80. The Hall–Kier alpha value is -1.93. The van der Waals surface area contributed by atoms with Gasteiger partial charge in [-0.25, -0.2) is 0 Å². The van der Waals surface area contributed by atoms with Crippen molar-refractivity contribution in [2.45, 2.75) is 18.1 Å². The van der Waals surface area contributed by atoms with Crippen molar-refractivity contribution in [3.8, 4) is 0 Å². The quantitative estimate of drug-likeness (QED) is 0.712. The van der Waals surface area contributed by atoms with Gasteiger partial charge < -0.3 is 4.74 Å². The van der Waals surface area contributed by atoms with Gasteiger partial charge in [-0.1, -0.05) is 54.6 Å². The molecule has 1 fully saturated rings. The van der Waals surface area contributed by atoms with E-state index in [1.54, 1.807) is 0 Å². The molecule has 0 radical (unpaired) electrons. The highest BCUT2D eigenvalue weighted by molar-refractivity contribution is 6.09. The minimum absolute atomic E-state index is 0.0707. The van der Waals surface area contributed by atoms with Crippen molar-refractivity contribution in [2.24, 2.45) is 0 Å². The van der Waals surface area contributed by atoms with E-state index in [9.17, 15) is 4.79 Å². The monoisotopic (exact) mass is 236 g/mol. The van der Waals surface area contributed by atoms with E-state index in [0.29, 0.717) is 6.42 Å². The maximum absolute atomic E-state index is 12.4. The van der Waals surface area contributed by atoms with Crippen LogP contribution in [-0.2, 0) is 11.2 Å². The van der Waals surface area contributed by atoms with Crippen LogP contribution in [0.25, 0.3) is 0 Å². The molecule has 0 bridgehead atoms. The summed E-state index contributed by atoms with van der Waals surface area (Å²) in [5, 5.41) is 0. The molecule has 2 atom stereocenters. The van der Waals surface area contributed by atoms with E-state index in [0.717, 1.165) is 16.7 Å². The molecule has 1 aliphatic heterocycles. The van der Waals surface area contributed by atoms with Crippen molar-refractivity contribution >= 4 is 5.78 Å². The molecule has 0 saturated carbocycles. The standard InChI is InChI=1S/C16H12O2/c17-14-13-9-5-4-8-12(13)10-16(14)15(18-16)11-6-2-1-3-7-11/h1-9,15H,10H2. The first-order valence-electron chi connectivity index (χ1n) is 6.17. The van der Waals surface area contributed by atoms with Crippen LogP contribution < -0.4 is 0 Å². The third kappa shape index (κ3) is 1.18. The van der Waals surface area contributed by atoms with Crippen molar-refractivity contribution in [3.05, 3.63) is 71.3 Å². The molecule has 2 unspecified atom stereocenters. The fourth-order valence-electron chi connectivity index (χ4n) is 2.94. The average molecular weight is 236 g/mol. The normalized spacial score (nSPS) is 28.4. The molecule has 18 heavy (non-hydrogen) atoms. The topological polar surface area (TPSA) is 29.6 Å². The molecule has 4 rings (SSSR count). The zero-order valence-corrected chi connectivity index (χ0v) is 9.80. The first-order valence-corrected chi connectivity index (χ1v) is 6.17. The predicted molar refractivity (Wildman–Crippen MR) is 67.5 cm³/mol. The number of hydrogen-bond acceptors (Lipinski definition) is 2. The minimum atomic E-state index is -0.606. The Morgan fingerprint density at radius 3 is 2.50 bits per heavy atom. The molecule has 2 heteroatoms. The number of Topliss-reactive ketones (excluding diaryl/α,β-unsaturated/α-hetero) is 1. The maximum atomic E-state index is 12.4. The molecule has 0 N–H and O–H groups in total. The van der Waals surface area contributed by atoms with Gasteiger partial charge in [0.05, 0.1) is 0 Å². The second kappa shape index (κ2) is 3.30. The van der Waals surface area contributed by atoms with Gasteiger partial charge in [-0.05, 0) is 11.1 Å². The van der Waals surface area contributed by atoms with Crippen LogP contribution in [0.5, 0.6) is 0 Å². The first-order chi connectivity index (χ1) is 8.81. The number of carbonyl (C=O) groups is 1. The minimum Gasteiger partial charge on any atom is -0.352 e. The van der Waals surface area contributed by atoms with Crippen LogP contribution in [0, 0.1) is 0 Å². The second-order valence-electron chi connectivity index (χ2n) is 4.96. The third-order valence-corrected chi connectivity index (χ3v) is 3.90. The van der Waals surface area contributed by atoms with Gasteiger partial charge in [0.25, 0.3) is 0 Å². The van der Waals surface area contributed by atoms with Gasteiger partial charge in [0, 0.05) is 12.0 Å². The fourth-order valence-corrected chi connectivity index (χ4v) is 2.94. The second-order valence-corrected chi connectivity index (χ2v) is 4.96. The molecule has 1 aliphatic carbocycles. The van der Waals surface area contributed by atoms with Crippen molar-refractivity contribution in [3.63, 3.8) is 0 Å². The van der Waals surface area contributed by atoms with Crippen LogP contribution in [0.2, 0.25) is 0 Å². The number of fused-ring (bicyclic) bond motifs is 1. The summed E-state index contributed by atoms with van der Waals surface area (Å²) in [6, 6.07) is 17.8. The van der Waals surface area contributed by atoms with Gasteiger partial charge >= 0.3 is 0 Å². The zero-order valence-electron chi connectivity index (χ0n) is 9.80. The highest BCUT2D eigenvalue weighted by Gasteiger charge is 2.65. The molecule has 2 nitrogen and oxygen atoms in total. The Balaban J connectivity index is 1.73. The average Bonchev–Trinajstić information content (AvgIpc) is 3.08. The van der Waals surface area contributed by atoms with Gasteiger partial charge in [-0.2, -0.15) is 0 Å². The molecule has 2 aromatic rings. The Morgan fingerprint density at radius 1 is 1.00 bits per heavy atom. The molecule has 2 aromatic carbocycles. The molecule has 1 saturated heterocycles. The summed E-state index contributed by atoms with van der Waals surface area (Å²) in [6.45, 7) is 0. The predicted octanol–water partition coefficient (Wildman–Crippen LogP) is 2.94. The Kier molecular flexibility index (Phi) is 1.84. The van der Waals surface area contributed by atoms with Crippen LogP contribution in [0.15, 0.2) is 54.6 Å². The van der Waals surface area contributed by atoms with Gasteiger partial charge in [0.1, 0.15) is 6.10 Å². The number of rotatable bonds is 1. The summed E-state index contributed by atoms with van der Waals surface area (Å²) in [4.78, 5) is 12.4. The lowest BCUT2D eigenvalue weighted by Gasteiger charge is -2.00. The summed E-state index contributed by atoms with van der Waals surface area (Å²) in [7, 11) is 0. The van der Waals surface area contributed by atoms with Crippen LogP contribution in [0.3, 0.4) is 0 Å². The third-order valence-electron chi connectivity index (χ3n) is 3.90. The van der Waals surface area contributed by atoms with Crippen molar-refractivity contribution in [1.29, 1.82) is 0 Å². The van der Waals surface area contributed by atoms with Gasteiger partial charge in [0.2, 0.25) is 0 Å². The van der Waals surface area contributed by atoms with E-state index >= 15 is 0 Å². The van der Waals surface area contributed by atoms with Crippen LogP contribution in [0.4, 0.5) is 0 Å². The summed E-state index contributed by atoms with van der Waals surface area (Å²) in [5.74, 6) is 0.145. The highest BCUT2D eigenvalue weighted by atomic mass is 16.6. The molecular weight excluding hydrogens is 224 g/mol. The summed E-state index contributed by atoms with van der Waals surface area (Å²) in [6.07, 6.45) is 0.639. The molecular formula is C16H12O2. The molecule has 0 aromatic heterocycles. The molecule has 1 heterocycles. The van der Waals surface area contributed by atoms with E-state index in [2.05, 4.69) is 0 Å². The van der Waals surface area contributed by atoms with E-state index in [-0.39, 0.29) is 11.9 Å². The van der Waals surface area contributed by atoms with Crippen molar-refractivity contribution in [1.82, 2.24) is 0 Å². The largest absolute Gasteiger partial charge is 0.352 e. The van der Waals surface area contributed by atoms with E-state index in [1.165, 1.54) is 0 Å². The van der Waals surface area contributed by atoms with E-state index in [4.69, 9.17) is 4.74 Å². The Labute approximate surface area is 105 Å². The molecule has 2 aliphatic rings. The maximum Gasteiger partial charge on any atom is 0.198 e. The smallest absolute Gasteiger partial charge is 0.198 e. The molecule has 88 valence electrons. The van der Waals surface area contributed by atoms with Crippen LogP contribution in [0.1, 0.15) is 27.6 Å². The first kappa shape index (κ1) is 10.0. The number of hydrogen-bond donors (Lipinski definition) is 0. The number of carbonyl (C=O) groups excluding carboxylic acids is 1. The number of benzene rings is 2. The number of ketones is 1. The van der Waals surface area contributed by atoms with Crippen molar-refractivity contribution < 1.29 is 9.53 Å². The van der Waals surface area contributed by atoms with E-state index in [1.807, 2.05) is 54.6 Å². The molecule has 0 amide bonds. The summed E-state index contributed by atoms with van der Waals surface area (Å²) in [5.41, 5.74) is 2.43. The van der Waals surface area contributed by atoms with Gasteiger partial charge in [0.15, 0.2) is 11.4 Å². The number of epoxide rings is 1. The van der Waals surface area contributed by atoms with Crippen LogP contribution >= 0.6 is 0 Å². The van der Waals surface area contributed by atoms with Crippen LogP contribution in [-0.4, -0.2) is 11.4 Å². The fraction of sp³-hybridized carbons (Fsp3) is 0.188. The van der Waals surface area contributed by atoms with E-state index < -0.39 is 5.60 Å². The molecule has 1 spiro atoms. The lowest BCUT2D eigenvalue weighted by Crippen LogP contribution is -2.20. The lowest BCUT2D eigenvalue weighted by molar-refractivity contribution is 0.0894. The highest BCUT2D eigenvalue weighted by Crippen LogP contribution is 2.56. The summed E-state index contributed by atoms with van der Waals surface area (Å²) >= 11 is 0. The van der Waals surface area contributed by atoms with Gasteiger partial charge in [-0.15, -0.1) is 0 Å². The zero-order chi connectivity index (χ0) is 12.2. The van der Waals surface area contributed by atoms with Gasteiger partial charge in [-0.3, -0.25) is 4.79 Å². The number of ether oxygens (including phenoxy) is 1. The SMILES string of the molecule is O=C1c2ccccc2CC12OC2c1ccccc1.